The lowest BCUT2D eigenvalue weighted by molar-refractivity contribution is -0.122. The van der Waals surface area contributed by atoms with Crippen LogP contribution in [0.3, 0.4) is 0 Å². The molecule has 0 saturated carbocycles. The molecule has 1 N–H and O–H groups in total. The van der Waals surface area contributed by atoms with E-state index in [-0.39, 0.29) is 18.0 Å². The van der Waals surface area contributed by atoms with E-state index in [1.807, 2.05) is 55.5 Å². The number of aryl methyl sites for hydroxylation is 1. The lowest BCUT2D eigenvalue weighted by atomic mass is 10.1. The van der Waals surface area contributed by atoms with Crippen LogP contribution >= 0.6 is 11.8 Å². The van der Waals surface area contributed by atoms with Crippen molar-refractivity contribution in [2.45, 2.75) is 13.5 Å². The number of benzene rings is 3. The van der Waals surface area contributed by atoms with Gasteiger partial charge in [-0.15, -0.1) is 0 Å². The van der Waals surface area contributed by atoms with E-state index in [9.17, 15) is 9.59 Å². The fourth-order valence-corrected chi connectivity index (χ4v) is 4.56. The molecule has 3 aromatic rings. The maximum atomic E-state index is 13.5. The van der Waals surface area contributed by atoms with Gasteiger partial charge >= 0.3 is 5.97 Å². The van der Waals surface area contributed by atoms with Crippen LogP contribution in [0.2, 0.25) is 0 Å². The molecule has 1 heterocycles. The Morgan fingerprint density at radius 3 is 2.31 bits per heavy atom. The molecule has 35 heavy (non-hydrogen) atoms. The van der Waals surface area contributed by atoms with Gasteiger partial charge in [0.25, 0.3) is 5.91 Å². The van der Waals surface area contributed by atoms with Crippen molar-refractivity contribution < 1.29 is 24.2 Å². The number of carboxylic acids is 1. The summed E-state index contributed by atoms with van der Waals surface area (Å²) < 4.78 is 10.8. The van der Waals surface area contributed by atoms with Crippen molar-refractivity contribution in [1.82, 2.24) is 4.90 Å². The van der Waals surface area contributed by atoms with Gasteiger partial charge in [0.1, 0.15) is 0 Å². The molecule has 0 spiro atoms. The number of amidine groups is 1. The van der Waals surface area contributed by atoms with Gasteiger partial charge < -0.3 is 14.6 Å². The molecule has 1 aliphatic rings. The number of rotatable bonds is 7. The summed E-state index contributed by atoms with van der Waals surface area (Å²) in [4.78, 5) is 31.5. The van der Waals surface area contributed by atoms with E-state index < -0.39 is 5.97 Å². The predicted octanol–water partition coefficient (Wildman–Crippen LogP) is 5.51. The first-order valence-corrected chi connectivity index (χ1v) is 11.6. The number of carbonyl (C=O) groups excluding carboxylic acids is 1. The number of amides is 1. The topological polar surface area (TPSA) is 88.4 Å². The summed E-state index contributed by atoms with van der Waals surface area (Å²) in [7, 11) is 3.15. The molecule has 1 aliphatic heterocycles. The summed E-state index contributed by atoms with van der Waals surface area (Å²) in [5.74, 6) is 0.0247. The van der Waals surface area contributed by atoms with E-state index in [1.54, 1.807) is 31.3 Å². The molecule has 0 unspecified atom stereocenters. The number of ether oxygens (including phenoxy) is 2. The Morgan fingerprint density at radius 2 is 1.69 bits per heavy atom. The molecular formula is C27H24N2O5S. The highest BCUT2D eigenvalue weighted by atomic mass is 32.2. The number of aliphatic imine (C=N–C) groups is 1. The second-order valence-electron chi connectivity index (χ2n) is 7.80. The average molecular weight is 489 g/mol. The molecule has 3 aromatic carbocycles. The fraction of sp³-hybridized carbons (Fsp3) is 0.148. The molecule has 4 rings (SSSR count). The van der Waals surface area contributed by atoms with Gasteiger partial charge in [0.15, 0.2) is 16.7 Å². The Bertz CT molecular complexity index is 1320. The highest BCUT2D eigenvalue weighted by Gasteiger charge is 2.33. The van der Waals surface area contributed by atoms with Crippen LogP contribution in [0.1, 0.15) is 27.0 Å². The number of carbonyl (C=O) groups is 2. The van der Waals surface area contributed by atoms with E-state index in [0.29, 0.717) is 21.6 Å². The smallest absolute Gasteiger partial charge is 0.335 e. The van der Waals surface area contributed by atoms with Gasteiger partial charge in [-0.25, -0.2) is 9.79 Å². The van der Waals surface area contributed by atoms with Crippen LogP contribution in [0.25, 0.3) is 6.08 Å². The van der Waals surface area contributed by atoms with Crippen LogP contribution in [0.4, 0.5) is 5.69 Å². The summed E-state index contributed by atoms with van der Waals surface area (Å²) in [6.07, 6.45) is 1.83. The Balaban J connectivity index is 1.71. The summed E-state index contributed by atoms with van der Waals surface area (Å²) in [5, 5.41) is 9.71. The molecule has 8 heteroatoms. The lowest BCUT2D eigenvalue weighted by Gasteiger charge is -2.16. The molecule has 0 aromatic heterocycles. The normalized spacial score (nSPS) is 15.6. The number of hydrogen-bond acceptors (Lipinski definition) is 6. The largest absolute Gasteiger partial charge is 0.493 e. The van der Waals surface area contributed by atoms with Gasteiger partial charge in [-0.2, -0.15) is 0 Å². The third kappa shape index (κ3) is 5.38. The van der Waals surface area contributed by atoms with Gasteiger partial charge in [0.2, 0.25) is 0 Å². The van der Waals surface area contributed by atoms with Crippen LogP contribution < -0.4 is 9.47 Å². The highest BCUT2D eigenvalue weighted by Crippen LogP contribution is 2.37. The second kappa shape index (κ2) is 10.5. The van der Waals surface area contributed by atoms with Gasteiger partial charge in [-0.05, 0) is 77.9 Å². The molecule has 0 bridgehead atoms. The number of hydrogen-bond donors (Lipinski definition) is 1. The van der Waals surface area contributed by atoms with E-state index in [2.05, 4.69) is 0 Å². The zero-order chi connectivity index (χ0) is 24.9. The summed E-state index contributed by atoms with van der Waals surface area (Å²) in [6, 6.07) is 19.6. The zero-order valence-corrected chi connectivity index (χ0v) is 20.3. The molecule has 1 saturated heterocycles. The highest BCUT2D eigenvalue weighted by molar-refractivity contribution is 8.18. The van der Waals surface area contributed by atoms with E-state index in [1.165, 1.54) is 23.9 Å². The van der Waals surface area contributed by atoms with Crippen molar-refractivity contribution in [3.05, 3.63) is 93.9 Å². The number of nitrogens with zero attached hydrogens (tertiary/aromatic N) is 2. The summed E-state index contributed by atoms with van der Waals surface area (Å²) in [6.45, 7) is 2.21. The van der Waals surface area contributed by atoms with Gasteiger partial charge in [0, 0.05) is 0 Å². The van der Waals surface area contributed by atoms with Crippen LogP contribution in [-0.2, 0) is 11.3 Å². The number of aromatic carboxylic acids is 1. The zero-order valence-electron chi connectivity index (χ0n) is 19.5. The minimum atomic E-state index is -0.994. The van der Waals surface area contributed by atoms with Gasteiger partial charge in [-0.3, -0.25) is 9.69 Å². The molecule has 1 fully saturated rings. The summed E-state index contributed by atoms with van der Waals surface area (Å²) >= 11 is 1.30. The minimum absolute atomic E-state index is 0.179. The van der Waals surface area contributed by atoms with Crippen molar-refractivity contribution in [2.75, 3.05) is 14.2 Å². The fourth-order valence-electron chi connectivity index (χ4n) is 3.57. The van der Waals surface area contributed by atoms with Crippen LogP contribution in [0.5, 0.6) is 11.5 Å². The van der Waals surface area contributed by atoms with Crippen molar-refractivity contribution in [3.8, 4) is 11.5 Å². The van der Waals surface area contributed by atoms with Gasteiger partial charge in [0.05, 0.1) is 36.9 Å². The molecule has 7 nitrogen and oxygen atoms in total. The number of thioether (sulfide) groups is 1. The minimum Gasteiger partial charge on any atom is -0.493 e. The van der Waals surface area contributed by atoms with E-state index >= 15 is 0 Å². The number of methoxy groups -OCH3 is 2. The van der Waals surface area contributed by atoms with Crippen molar-refractivity contribution in [3.63, 3.8) is 0 Å². The lowest BCUT2D eigenvalue weighted by Crippen LogP contribution is -2.28. The first-order chi connectivity index (χ1) is 16.9. The predicted molar refractivity (Wildman–Crippen MR) is 137 cm³/mol. The van der Waals surface area contributed by atoms with Crippen LogP contribution in [0, 0.1) is 6.92 Å². The first-order valence-electron chi connectivity index (χ1n) is 10.8. The van der Waals surface area contributed by atoms with E-state index in [0.717, 1.165) is 22.4 Å². The maximum Gasteiger partial charge on any atom is 0.335 e. The van der Waals surface area contributed by atoms with Crippen molar-refractivity contribution >= 4 is 40.6 Å². The Hall–Kier alpha value is -4.04. The Labute approximate surface area is 207 Å². The standard InChI is InChI=1S/C27H24N2O5S/c1-17-13-22(33-2)23(34-3)14-20(17)15-24-25(30)29(16-18-9-11-19(12-10-18)26(31)32)27(35-24)28-21-7-5-4-6-8-21/h4-15H,16H2,1-3H3,(H,31,32)/b24-15-,28-27?. The molecule has 0 aliphatic carbocycles. The van der Waals surface area contributed by atoms with Crippen molar-refractivity contribution in [2.24, 2.45) is 4.99 Å². The van der Waals surface area contributed by atoms with Crippen LogP contribution in [-0.4, -0.2) is 41.3 Å². The average Bonchev–Trinajstić information content (AvgIpc) is 3.14. The Morgan fingerprint density at radius 1 is 1.03 bits per heavy atom. The van der Waals surface area contributed by atoms with Gasteiger partial charge in [-0.1, -0.05) is 30.3 Å². The van der Waals surface area contributed by atoms with Crippen LogP contribution in [0.15, 0.2) is 76.6 Å². The second-order valence-corrected chi connectivity index (χ2v) is 8.81. The third-order valence-corrected chi connectivity index (χ3v) is 6.48. The maximum absolute atomic E-state index is 13.5. The third-order valence-electron chi connectivity index (χ3n) is 5.47. The molecule has 0 atom stereocenters. The monoisotopic (exact) mass is 488 g/mol. The van der Waals surface area contributed by atoms with Crippen molar-refractivity contribution in [1.29, 1.82) is 0 Å². The molecule has 1 amide bonds. The number of carboxylic acid groups (broad SMARTS) is 1. The number of para-hydroxylation sites is 1. The SMILES string of the molecule is COc1cc(C)c(/C=C2\SC(=Nc3ccccc3)N(Cc3ccc(C(=O)O)cc3)C2=O)cc1OC. The Kier molecular flexibility index (Phi) is 7.22. The summed E-state index contributed by atoms with van der Waals surface area (Å²) in [5.41, 5.74) is 3.50. The molecule has 0 radical (unpaired) electrons. The molecular weight excluding hydrogens is 464 g/mol. The van der Waals surface area contributed by atoms with E-state index in [4.69, 9.17) is 19.6 Å². The molecule has 178 valence electrons. The quantitative estimate of drug-likeness (QED) is 0.441. The first kappa shape index (κ1) is 24.1.